The largest absolute Gasteiger partial charge is 0.454 e. The monoisotopic (exact) mass is 382 g/mol. The van der Waals surface area contributed by atoms with Crippen molar-refractivity contribution in [1.29, 1.82) is 0 Å². The Morgan fingerprint density at radius 3 is 2.93 bits per heavy atom. The molecule has 2 N–H and O–H groups in total. The highest BCUT2D eigenvalue weighted by atomic mass is 32.1. The number of imidazole rings is 1. The van der Waals surface area contributed by atoms with Crippen LogP contribution in [-0.4, -0.2) is 39.3 Å². The molecule has 0 spiro atoms. The number of rotatable bonds is 3. The maximum atomic E-state index is 12.6. The molecule has 3 aromatic heterocycles. The van der Waals surface area contributed by atoms with Crippen molar-refractivity contribution in [2.24, 2.45) is 7.05 Å². The number of nitrogens with one attached hydrogen (secondary N) is 2. The Morgan fingerprint density at radius 2 is 2.07 bits per heavy atom. The zero-order chi connectivity index (χ0) is 18.5. The first-order valence-corrected chi connectivity index (χ1v) is 8.96. The zero-order valence-corrected chi connectivity index (χ0v) is 15.3. The molecule has 0 bridgehead atoms. The van der Waals surface area contributed by atoms with Gasteiger partial charge in [0.05, 0.1) is 6.33 Å². The van der Waals surface area contributed by atoms with Gasteiger partial charge in [0, 0.05) is 19.7 Å². The minimum atomic E-state index is -0.276. The zero-order valence-electron chi connectivity index (χ0n) is 14.4. The Hall–Kier alpha value is -3.40. The number of benzene rings is 1. The number of carbonyl (C=O) groups is 1. The van der Waals surface area contributed by atoms with E-state index in [1.165, 1.54) is 11.3 Å². The number of thiazole rings is 1. The SMILES string of the molecule is CNc1nc2sc(NC(=O)c3ccc4c(c3)OCO4)nc2c2c1ncn2C. The van der Waals surface area contributed by atoms with Crippen LogP contribution in [0, 0.1) is 0 Å². The van der Waals surface area contributed by atoms with E-state index in [1.54, 1.807) is 31.6 Å². The molecule has 4 heterocycles. The number of hydrogen-bond donors (Lipinski definition) is 2. The van der Waals surface area contributed by atoms with Crippen molar-refractivity contribution in [3.63, 3.8) is 0 Å². The molecule has 0 atom stereocenters. The number of amides is 1. The molecule has 0 radical (unpaired) electrons. The van der Waals surface area contributed by atoms with Gasteiger partial charge in [-0.2, -0.15) is 0 Å². The van der Waals surface area contributed by atoms with Gasteiger partial charge >= 0.3 is 0 Å². The van der Waals surface area contributed by atoms with Crippen molar-refractivity contribution in [2.75, 3.05) is 24.5 Å². The maximum Gasteiger partial charge on any atom is 0.257 e. The molecule has 0 aliphatic carbocycles. The first kappa shape index (κ1) is 15.8. The number of aromatic nitrogens is 4. The molecule has 0 saturated heterocycles. The molecule has 0 unspecified atom stereocenters. The van der Waals surface area contributed by atoms with Gasteiger partial charge in [-0.1, -0.05) is 11.3 Å². The van der Waals surface area contributed by atoms with Gasteiger partial charge in [0.15, 0.2) is 22.4 Å². The molecule has 0 saturated carbocycles. The van der Waals surface area contributed by atoms with Gasteiger partial charge in [0.1, 0.15) is 21.4 Å². The van der Waals surface area contributed by atoms with Crippen LogP contribution < -0.4 is 20.1 Å². The summed E-state index contributed by atoms with van der Waals surface area (Å²) < 4.78 is 12.5. The summed E-state index contributed by atoms with van der Waals surface area (Å²) in [4.78, 5) is 26.8. The summed E-state index contributed by atoms with van der Waals surface area (Å²) in [6, 6.07) is 5.06. The molecule has 1 aliphatic heterocycles. The summed E-state index contributed by atoms with van der Waals surface area (Å²) in [5, 5.41) is 6.36. The summed E-state index contributed by atoms with van der Waals surface area (Å²) in [6.45, 7) is 0.165. The molecule has 1 aromatic carbocycles. The second-order valence-electron chi connectivity index (χ2n) is 5.96. The normalized spacial score (nSPS) is 12.7. The van der Waals surface area contributed by atoms with Crippen molar-refractivity contribution in [3.05, 3.63) is 30.1 Å². The van der Waals surface area contributed by atoms with Crippen LogP contribution in [0.3, 0.4) is 0 Å². The maximum absolute atomic E-state index is 12.6. The van der Waals surface area contributed by atoms with E-state index < -0.39 is 0 Å². The predicted octanol–water partition coefficient (Wildman–Crippen LogP) is 2.60. The van der Waals surface area contributed by atoms with Gasteiger partial charge in [0.2, 0.25) is 6.79 Å². The predicted molar refractivity (Wildman–Crippen MR) is 102 cm³/mol. The van der Waals surface area contributed by atoms with Crippen molar-refractivity contribution < 1.29 is 14.3 Å². The van der Waals surface area contributed by atoms with Crippen LogP contribution in [0.5, 0.6) is 11.5 Å². The molecule has 4 aromatic rings. The Labute approximate surface area is 157 Å². The molecule has 1 amide bonds. The van der Waals surface area contributed by atoms with E-state index >= 15 is 0 Å². The van der Waals surface area contributed by atoms with E-state index in [-0.39, 0.29) is 12.7 Å². The standard InChI is InChI=1S/C17H14N6O3S/c1-18-14-11-13(23(2)6-19-11)12-16(21-14)27-17(20-12)22-15(24)8-3-4-9-10(5-8)26-7-25-9/h3-6H,7H2,1-2H3,(H,18,21)(H,20,22,24). The van der Waals surface area contributed by atoms with Gasteiger partial charge in [-0.15, -0.1) is 0 Å². The summed E-state index contributed by atoms with van der Waals surface area (Å²) >= 11 is 1.31. The molecule has 5 rings (SSSR count). The molecular formula is C17H14N6O3S. The third kappa shape index (κ3) is 2.45. The summed E-state index contributed by atoms with van der Waals surface area (Å²) in [6.07, 6.45) is 1.72. The second kappa shape index (κ2) is 5.81. The minimum absolute atomic E-state index is 0.165. The third-order valence-corrected chi connectivity index (χ3v) is 5.16. The quantitative estimate of drug-likeness (QED) is 0.561. The number of nitrogens with zero attached hydrogens (tertiary/aromatic N) is 4. The van der Waals surface area contributed by atoms with Gasteiger partial charge in [0.25, 0.3) is 5.91 Å². The highest BCUT2D eigenvalue weighted by molar-refractivity contribution is 7.22. The number of pyridine rings is 1. The van der Waals surface area contributed by atoms with E-state index in [2.05, 4.69) is 25.6 Å². The molecule has 0 fully saturated rings. The second-order valence-corrected chi connectivity index (χ2v) is 6.94. The van der Waals surface area contributed by atoms with Crippen LogP contribution in [0.4, 0.5) is 10.9 Å². The van der Waals surface area contributed by atoms with Gasteiger partial charge in [-0.3, -0.25) is 10.1 Å². The molecular weight excluding hydrogens is 368 g/mol. The highest BCUT2D eigenvalue weighted by Gasteiger charge is 2.19. The number of hydrogen-bond acceptors (Lipinski definition) is 8. The van der Waals surface area contributed by atoms with E-state index in [9.17, 15) is 4.79 Å². The van der Waals surface area contributed by atoms with Crippen LogP contribution in [0.25, 0.3) is 21.4 Å². The van der Waals surface area contributed by atoms with Crippen molar-refractivity contribution >= 4 is 49.6 Å². The Balaban J connectivity index is 1.53. The summed E-state index contributed by atoms with van der Waals surface area (Å²) in [7, 11) is 3.70. The van der Waals surface area contributed by atoms with Crippen molar-refractivity contribution in [3.8, 4) is 11.5 Å². The first-order valence-electron chi connectivity index (χ1n) is 8.14. The van der Waals surface area contributed by atoms with Gasteiger partial charge in [-0.25, -0.2) is 15.0 Å². The van der Waals surface area contributed by atoms with Crippen LogP contribution in [0.1, 0.15) is 10.4 Å². The minimum Gasteiger partial charge on any atom is -0.454 e. The Morgan fingerprint density at radius 1 is 1.22 bits per heavy atom. The summed E-state index contributed by atoms with van der Waals surface area (Å²) in [5.41, 5.74) is 2.78. The fourth-order valence-electron chi connectivity index (χ4n) is 3.01. The number of aryl methyl sites for hydroxylation is 1. The lowest BCUT2D eigenvalue weighted by molar-refractivity contribution is 0.102. The summed E-state index contributed by atoms with van der Waals surface area (Å²) in [5.74, 6) is 1.59. The number of carbonyl (C=O) groups excluding carboxylic acids is 1. The molecule has 10 heteroatoms. The highest BCUT2D eigenvalue weighted by Crippen LogP contribution is 2.34. The van der Waals surface area contributed by atoms with E-state index in [0.29, 0.717) is 33.5 Å². The first-order chi connectivity index (χ1) is 13.1. The van der Waals surface area contributed by atoms with E-state index in [4.69, 9.17) is 9.47 Å². The average molecular weight is 382 g/mol. The average Bonchev–Trinajstić information content (AvgIpc) is 3.38. The van der Waals surface area contributed by atoms with Crippen LogP contribution in [0.15, 0.2) is 24.5 Å². The smallest absolute Gasteiger partial charge is 0.257 e. The van der Waals surface area contributed by atoms with Crippen LogP contribution in [0.2, 0.25) is 0 Å². The third-order valence-electron chi connectivity index (χ3n) is 4.30. The number of anilines is 2. The van der Waals surface area contributed by atoms with Crippen molar-refractivity contribution in [1.82, 2.24) is 19.5 Å². The fraction of sp³-hybridized carbons (Fsp3) is 0.176. The number of ether oxygens (including phenoxy) is 2. The van der Waals surface area contributed by atoms with Crippen LogP contribution in [-0.2, 0) is 7.05 Å². The lowest BCUT2D eigenvalue weighted by Crippen LogP contribution is -2.11. The topological polar surface area (TPSA) is 103 Å². The van der Waals surface area contributed by atoms with E-state index in [1.807, 2.05) is 11.6 Å². The lowest BCUT2D eigenvalue weighted by Gasteiger charge is -2.02. The molecule has 1 aliphatic rings. The number of fused-ring (bicyclic) bond motifs is 4. The Bertz CT molecular complexity index is 1210. The lowest BCUT2D eigenvalue weighted by atomic mass is 10.2. The van der Waals surface area contributed by atoms with Gasteiger partial charge in [-0.05, 0) is 18.2 Å². The molecule has 136 valence electrons. The fourth-order valence-corrected chi connectivity index (χ4v) is 3.85. The van der Waals surface area contributed by atoms with Crippen molar-refractivity contribution in [2.45, 2.75) is 0 Å². The van der Waals surface area contributed by atoms with E-state index in [0.717, 1.165) is 15.9 Å². The molecule has 9 nitrogen and oxygen atoms in total. The van der Waals surface area contributed by atoms with Gasteiger partial charge < -0.3 is 19.4 Å². The Kier molecular flexibility index (Phi) is 3.41. The molecule has 27 heavy (non-hydrogen) atoms. The van der Waals surface area contributed by atoms with Crippen LogP contribution >= 0.6 is 11.3 Å².